The summed E-state index contributed by atoms with van der Waals surface area (Å²) in [6.07, 6.45) is 0. The van der Waals surface area contributed by atoms with Crippen LogP contribution >= 0.6 is 45.3 Å². The highest BCUT2D eigenvalue weighted by atomic mass is 127. The molecule has 3 heteroatoms. The van der Waals surface area contributed by atoms with Crippen molar-refractivity contribution in [2.45, 2.75) is 0 Å². The molecule has 2 aromatic rings. The molecule has 0 aliphatic carbocycles. The molecule has 2 aromatic heterocycles. The first-order chi connectivity index (χ1) is 5.38. The van der Waals surface area contributed by atoms with Crippen molar-refractivity contribution in [3.8, 4) is 11.1 Å². The minimum absolute atomic E-state index is 1.35. The predicted molar refractivity (Wildman–Crippen MR) is 60.3 cm³/mol. The molecular formula is C8H5IS2. The van der Waals surface area contributed by atoms with E-state index in [0.29, 0.717) is 0 Å². The fraction of sp³-hybridized carbons (Fsp3) is 0. The van der Waals surface area contributed by atoms with Crippen molar-refractivity contribution in [2.75, 3.05) is 0 Å². The Morgan fingerprint density at radius 1 is 1.18 bits per heavy atom. The first-order valence-corrected chi connectivity index (χ1v) is 6.03. The van der Waals surface area contributed by atoms with Gasteiger partial charge >= 0.3 is 0 Å². The van der Waals surface area contributed by atoms with Gasteiger partial charge in [0, 0.05) is 5.56 Å². The van der Waals surface area contributed by atoms with Crippen LogP contribution in [0.4, 0.5) is 0 Å². The number of hydrogen-bond donors (Lipinski definition) is 0. The van der Waals surface area contributed by atoms with Crippen molar-refractivity contribution in [2.24, 2.45) is 0 Å². The highest BCUT2D eigenvalue weighted by Gasteiger charge is 2.02. The maximum absolute atomic E-state index is 2.38. The van der Waals surface area contributed by atoms with E-state index in [4.69, 9.17) is 0 Å². The SMILES string of the molecule is Ic1sccc1-c1ccsc1. The predicted octanol–water partition coefficient (Wildman–Crippen LogP) is 4.08. The summed E-state index contributed by atoms with van der Waals surface area (Å²) in [5.74, 6) is 0. The van der Waals surface area contributed by atoms with Crippen molar-refractivity contribution >= 4 is 45.3 Å². The van der Waals surface area contributed by atoms with Crippen LogP contribution < -0.4 is 0 Å². The van der Waals surface area contributed by atoms with Gasteiger partial charge in [0.05, 0.1) is 2.88 Å². The van der Waals surface area contributed by atoms with Crippen LogP contribution in [0.15, 0.2) is 28.3 Å². The number of thiophene rings is 2. The summed E-state index contributed by atoms with van der Waals surface area (Å²) < 4.78 is 1.38. The van der Waals surface area contributed by atoms with Gasteiger partial charge < -0.3 is 0 Å². The van der Waals surface area contributed by atoms with Gasteiger partial charge in [-0.2, -0.15) is 11.3 Å². The van der Waals surface area contributed by atoms with Crippen molar-refractivity contribution in [1.82, 2.24) is 0 Å². The van der Waals surface area contributed by atoms with Gasteiger partial charge in [0.25, 0.3) is 0 Å². The Morgan fingerprint density at radius 3 is 2.64 bits per heavy atom. The summed E-state index contributed by atoms with van der Waals surface area (Å²) in [4.78, 5) is 0. The van der Waals surface area contributed by atoms with E-state index in [1.807, 2.05) is 0 Å². The zero-order valence-corrected chi connectivity index (χ0v) is 9.37. The molecule has 0 aliphatic heterocycles. The molecule has 0 nitrogen and oxygen atoms in total. The Bertz CT molecular complexity index is 335. The molecule has 0 spiro atoms. The second-order valence-corrected chi connectivity index (χ2v) is 5.63. The van der Waals surface area contributed by atoms with E-state index < -0.39 is 0 Å². The molecule has 0 saturated carbocycles. The monoisotopic (exact) mass is 292 g/mol. The van der Waals surface area contributed by atoms with Crippen LogP contribution in [-0.4, -0.2) is 0 Å². The Hall–Kier alpha value is 0.130. The van der Waals surface area contributed by atoms with Gasteiger partial charge in [-0.1, -0.05) is 0 Å². The first-order valence-electron chi connectivity index (χ1n) is 3.13. The Morgan fingerprint density at radius 2 is 2.09 bits per heavy atom. The third kappa shape index (κ3) is 1.50. The fourth-order valence-electron chi connectivity index (χ4n) is 0.918. The third-order valence-electron chi connectivity index (χ3n) is 1.45. The van der Waals surface area contributed by atoms with Crippen molar-refractivity contribution in [1.29, 1.82) is 0 Å². The highest BCUT2D eigenvalue weighted by molar-refractivity contribution is 14.1. The second kappa shape index (κ2) is 3.25. The molecule has 11 heavy (non-hydrogen) atoms. The van der Waals surface area contributed by atoms with Crippen LogP contribution in [0.5, 0.6) is 0 Å². The van der Waals surface area contributed by atoms with Gasteiger partial charge in [-0.25, -0.2) is 0 Å². The van der Waals surface area contributed by atoms with Crippen molar-refractivity contribution < 1.29 is 0 Å². The van der Waals surface area contributed by atoms with E-state index in [-0.39, 0.29) is 0 Å². The standard InChI is InChI=1S/C8H5IS2/c9-8-7(2-4-11-8)6-1-3-10-5-6/h1-5H. The highest BCUT2D eigenvalue weighted by Crippen LogP contribution is 2.30. The Kier molecular flexibility index (Phi) is 2.29. The van der Waals surface area contributed by atoms with Gasteiger partial charge in [0.15, 0.2) is 0 Å². The zero-order chi connectivity index (χ0) is 7.68. The van der Waals surface area contributed by atoms with Crippen LogP contribution in [0.2, 0.25) is 0 Å². The van der Waals surface area contributed by atoms with Crippen LogP contribution in [0.25, 0.3) is 11.1 Å². The Labute approximate surface area is 87.0 Å². The lowest BCUT2D eigenvalue weighted by Gasteiger charge is -1.90. The summed E-state index contributed by atoms with van der Waals surface area (Å²) in [6.45, 7) is 0. The minimum atomic E-state index is 1.35. The van der Waals surface area contributed by atoms with Gasteiger partial charge in [-0.05, 0) is 56.4 Å². The summed E-state index contributed by atoms with van der Waals surface area (Å²) in [5, 5.41) is 6.43. The molecule has 0 aromatic carbocycles. The number of halogens is 1. The summed E-state index contributed by atoms with van der Waals surface area (Å²) in [7, 11) is 0. The zero-order valence-electron chi connectivity index (χ0n) is 5.58. The molecule has 0 saturated heterocycles. The Balaban J connectivity index is 2.53. The lowest BCUT2D eigenvalue weighted by molar-refractivity contribution is 1.81. The molecule has 0 N–H and O–H groups in total. The summed E-state index contributed by atoms with van der Waals surface area (Å²) in [6, 6.07) is 4.34. The lowest BCUT2D eigenvalue weighted by atomic mass is 10.2. The van der Waals surface area contributed by atoms with E-state index >= 15 is 0 Å². The number of hydrogen-bond acceptors (Lipinski definition) is 2. The largest absolute Gasteiger partial charge is 0.152 e. The second-order valence-electron chi connectivity index (χ2n) is 2.12. The molecule has 0 bridgehead atoms. The number of rotatable bonds is 1. The maximum Gasteiger partial charge on any atom is 0.0731 e. The lowest BCUT2D eigenvalue weighted by Crippen LogP contribution is -1.67. The van der Waals surface area contributed by atoms with Gasteiger partial charge in [-0.3, -0.25) is 0 Å². The molecule has 0 fully saturated rings. The van der Waals surface area contributed by atoms with E-state index in [0.717, 1.165) is 0 Å². The molecule has 0 amide bonds. The van der Waals surface area contributed by atoms with E-state index in [1.165, 1.54) is 14.0 Å². The topological polar surface area (TPSA) is 0 Å². The smallest absolute Gasteiger partial charge is 0.0731 e. The molecule has 0 unspecified atom stereocenters. The molecule has 0 aliphatic rings. The van der Waals surface area contributed by atoms with Gasteiger partial charge in [-0.15, -0.1) is 11.3 Å². The van der Waals surface area contributed by atoms with Crippen molar-refractivity contribution in [3.63, 3.8) is 0 Å². The quantitative estimate of drug-likeness (QED) is 0.695. The van der Waals surface area contributed by atoms with Crippen LogP contribution in [-0.2, 0) is 0 Å². The summed E-state index contributed by atoms with van der Waals surface area (Å²) in [5.41, 5.74) is 2.72. The maximum atomic E-state index is 2.38. The van der Waals surface area contributed by atoms with E-state index in [9.17, 15) is 0 Å². The molecule has 0 radical (unpaired) electrons. The van der Waals surface area contributed by atoms with Crippen LogP contribution in [0, 0.1) is 2.88 Å². The van der Waals surface area contributed by atoms with E-state index in [2.05, 4.69) is 50.9 Å². The van der Waals surface area contributed by atoms with Gasteiger partial charge in [0.1, 0.15) is 0 Å². The normalized spacial score (nSPS) is 10.3. The molecular weight excluding hydrogens is 287 g/mol. The third-order valence-corrected chi connectivity index (χ3v) is 4.18. The molecule has 2 heterocycles. The van der Waals surface area contributed by atoms with Gasteiger partial charge in [0.2, 0.25) is 0 Å². The average molecular weight is 292 g/mol. The summed E-state index contributed by atoms with van der Waals surface area (Å²) >= 11 is 5.92. The average Bonchev–Trinajstić information content (AvgIpc) is 2.55. The molecule has 2 rings (SSSR count). The van der Waals surface area contributed by atoms with E-state index in [1.54, 1.807) is 22.7 Å². The van der Waals surface area contributed by atoms with Crippen LogP contribution in [0.1, 0.15) is 0 Å². The molecule has 0 atom stereocenters. The fourth-order valence-corrected chi connectivity index (χ4v) is 3.14. The first kappa shape index (κ1) is 7.76. The minimum Gasteiger partial charge on any atom is -0.152 e. The van der Waals surface area contributed by atoms with Crippen LogP contribution in [0.3, 0.4) is 0 Å². The van der Waals surface area contributed by atoms with Crippen molar-refractivity contribution in [3.05, 3.63) is 31.2 Å². The molecule has 56 valence electrons.